The molecule has 0 saturated heterocycles. The Kier molecular flexibility index (Phi) is 8.02. The van der Waals surface area contributed by atoms with Crippen molar-refractivity contribution in [3.63, 3.8) is 0 Å². The van der Waals surface area contributed by atoms with Gasteiger partial charge in [-0.25, -0.2) is 13.2 Å². The van der Waals surface area contributed by atoms with Gasteiger partial charge in [0, 0.05) is 0 Å². The largest absolute Gasteiger partial charge is 1.00 e. The van der Waals surface area contributed by atoms with Crippen LogP contribution in [0.2, 0.25) is 0 Å². The molecular formula is C6F13KO4S. The fraction of sp³-hybridized carbons (Fsp3) is 1.00. The molecule has 0 unspecified atom stereocenters. The molecule has 0 aromatic heterocycles. The number of halogens is 13. The molecule has 0 aromatic rings. The minimum atomic E-state index is -7.90. The molecule has 4 nitrogen and oxygen atoms in total. The van der Waals surface area contributed by atoms with Crippen molar-refractivity contribution >= 4 is 10.1 Å². The third-order valence-electron chi connectivity index (χ3n) is 2.03. The number of rotatable bonds is 6. The van der Waals surface area contributed by atoms with Crippen molar-refractivity contribution in [3.05, 3.63) is 0 Å². The normalized spacial score (nSPS) is 15.8. The van der Waals surface area contributed by atoms with Crippen molar-refractivity contribution < 1.29 is 126 Å². The molecule has 0 aliphatic heterocycles. The van der Waals surface area contributed by atoms with Gasteiger partial charge in [0.25, 0.3) is 0 Å². The van der Waals surface area contributed by atoms with Crippen LogP contribution < -0.4 is 51.4 Å². The SMILES string of the molecule is O=S(=O)([O-])C(F)(F)C(F)(F)OC(F)(F)C(F)(F)C(F)(F)C(F)(F)F.[K+]. The van der Waals surface area contributed by atoms with Crippen molar-refractivity contribution in [2.45, 2.75) is 35.5 Å². The van der Waals surface area contributed by atoms with Crippen LogP contribution in [0, 0.1) is 0 Å². The molecule has 0 aliphatic carbocycles. The smallest absolute Gasteiger partial charge is 0.743 e. The fourth-order valence-corrected chi connectivity index (χ4v) is 1.12. The van der Waals surface area contributed by atoms with Gasteiger partial charge in [0.2, 0.25) is 0 Å². The molecule has 25 heavy (non-hydrogen) atoms. The van der Waals surface area contributed by atoms with Gasteiger partial charge in [0.1, 0.15) is 0 Å². The first kappa shape index (κ1) is 27.8. The molecule has 146 valence electrons. The molecule has 0 bridgehead atoms. The Morgan fingerprint density at radius 3 is 1.20 bits per heavy atom. The van der Waals surface area contributed by atoms with Crippen molar-refractivity contribution in [1.82, 2.24) is 0 Å². The van der Waals surface area contributed by atoms with Gasteiger partial charge in [-0.05, 0) is 0 Å². The van der Waals surface area contributed by atoms with E-state index in [-0.39, 0.29) is 51.4 Å². The van der Waals surface area contributed by atoms with Crippen LogP contribution in [0.25, 0.3) is 0 Å². The summed E-state index contributed by atoms with van der Waals surface area (Å²) >= 11 is 0. The first-order valence-electron chi connectivity index (χ1n) is 4.57. The third kappa shape index (κ3) is 4.72. The molecule has 19 heteroatoms. The summed E-state index contributed by atoms with van der Waals surface area (Å²) in [5.74, 6) is -15.7. The molecule has 0 N–H and O–H groups in total. The summed E-state index contributed by atoms with van der Waals surface area (Å²) in [4.78, 5) is 0. The first-order valence-corrected chi connectivity index (χ1v) is 5.98. The van der Waals surface area contributed by atoms with Gasteiger partial charge in [0.15, 0.2) is 10.1 Å². The predicted octanol–water partition coefficient (Wildman–Crippen LogP) is 0.163. The van der Waals surface area contributed by atoms with E-state index in [1.165, 1.54) is 4.74 Å². The fourth-order valence-electron chi connectivity index (χ4n) is 0.791. The zero-order chi connectivity index (χ0) is 20.2. The second-order valence-corrected chi connectivity index (χ2v) is 5.17. The summed E-state index contributed by atoms with van der Waals surface area (Å²) in [6.45, 7) is 0. The number of hydrogen-bond acceptors (Lipinski definition) is 4. The monoisotopic (exact) mass is 454 g/mol. The van der Waals surface area contributed by atoms with E-state index in [1.807, 2.05) is 0 Å². The van der Waals surface area contributed by atoms with Crippen LogP contribution in [0.5, 0.6) is 0 Å². The Balaban J connectivity index is 0. The Labute approximate surface area is 170 Å². The van der Waals surface area contributed by atoms with Gasteiger partial charge in [-0.3, -0.25) is 0 Å². The predicted molar refractivity (Wildman–Crippen MR) is 41.6 cm³/mol. The summed E-state index contributed by atoms with van der Waals surface area (Å²) in [5.41, 5.74) is 0. The van der Waals surface area contributed by atoms with E-state index in [9.17, 15) is 70.0 Å². The zero-order valence-electron chi connectivity index (χ0n) is 11.0. The van der Waals surface area contributed by atoms with E-state index in [2.05, 4.69) is 0 Å². The van der Waals surface area contributed by atoms with Crippen molar-refractivity contribution in [2.24, 2.45) is 0 Å². The average molecular weight is 454 g/mol. The molecule has 0 atom stereocenters. The van der Waals surface area contributed by atoms with Gasteiger partial charge in [-0.2, -0.15) is 57.1 Å². The Bertz CT molecular complexity index is 582. The van der Waals surface area contributed by atoms with Crippen molar-refractivity contribution in [2.75, 3.05) is 0 Å². The summed E-state index contributed by atoms with van der Waals surface area (Å²) < 4.78 is 190. The molecule has 0 aliphatic rings. The zero-order valence-corrected chi connectivity index (χ0v) is 14.9. The van der Waals surface area contributed by atoms with Crippen LogP contribution in [0.4, 0.5) is 57.1 Å². The Hall–Kier alpha value is 0.596. The molecule has 0 rings (SSSR count). The number of alkyl halides is 13. The topological polar surface area (TPSA) is 66.4 Å². The molecule has 0 aromatic carbocycles. The maximum absolute atomic E-state index is 12.6. The van der Waals surface area contributed by atoms with Crippen LogP contribution in [0.15, 0.2) is 0 Å². The summed E-state index contributed by atoms with van der Waals surface area (Å²) in [6.07, 6.45) is -22.6. The van der Waals surface area contributed by atoms with Gasteiger partial charge in [-0.15, -0.1) is 0 Å². The molecule has 0 saturated carbocycles. The van der Waals surface area contributed by atoms with E-state index in [0.717, 1.165) is 0 Å². The standard InChI is InChI=1S/C6HF13O4S.K/c7-1(8,3(11,12)13)2(9,10)4(14,15)23-5(16,17)6(18,19)24(20,21)22;/h(H,20,21,22);/q;+1/p-1. The maximum Gasteiger partial charge on any atom is 1.00 e. The second-order valence-electron chi connectivity index (χ2n) is 3.75. The van der Waals surface area contributed by atoms with Crippen molar-refractivity contribution in [1.29, 1.82) is 0 Å². The van der Waals surface area contributed by atoms with Crippen LogP contribution in [0.1, 0.15) is 0 Å². The molecule has 0 heterocycles. The van der Waals surface area contributed by atoms with E-state index in [0.29, 0.717) is 0 Å². The van der Waals surface area contributed by atoms with Gasteiger partial charge in [0.05, 0.1) is 0 Å². The molecule has 0 fully saturated rings. The number of ether oxygens (including phenoxy) is 1. The molecule has 0 spiro atoms. The summed E-state index contributed by atoms with van der Waals surface area (Å²) in [6, 6.07) is 0. The molecular weight excluding hydrogens is 454 g/mol. The van der Waals surface area contributed by atoms with Gasteiger partial charge in [-0.1, -0.05) is 0 Å². The summed E-state index contributed by atoms with van der Waals surface area (Å²) in [5, 5.41) is -7.22. The van der Waals surface area contributed by atoms with Crippen LogP contribution in [-0.4, -0.2) is 48.5 Å². The second kappa shape index (κ2) is 7.21. The third-order valence-corrected chi connectivity index (χ3v) is 2.89. The Morgan fingerprint density at radius 1 is 0.640 bits per heavy atom. The molecule has 0 radical (unpaired) electrons. The van der Waals surface area contributed by atoms with Crippen molar-refractivity contribution in [3.8, 4) is 0 Å². The average Bonchev–Trinajstić information content (AvgIpc) is 2.23. The van der Waals surface area contributed by atoms with E-state index in [4.69, 9.17) is 0 Å². The summed E-state index contributed by atoms with van der Waals surface area (Å²) in [7, 11) is -7.59. The molecule has 0 amide bonds. The quantitative estimate of drug-likeness (QED) is 0.326. The van der Waals surface area contributed by atoms with E-state index < -0.39 is 45.6 Å². The van der Waals surface area contributed by atoms with E-state index >= 15 is 0 Å². The van der Waals surface area contributed by atoms with Crippen LogP contribution in [0.3, 0.4) is 0 Å². The Morgan fingerprint density at radius 2 is 0.960 bits per heavy atom. The van der Waals surface area contributed by atoms with Crippen LogP contribution >= 0.6 is 0 Å². The van der Waals surface area contributed by atoms with Gasteiger partial charge >= 0.3 is 86.9 Å². The minimum Gasteiger partial charge on any atom is -0.743 e. The van der Waals surface area contributed by atoms with Gasteiger partial charge < -0.3 is 4.55 Å². The minimum absolute atomic E-state index is 0. The number of hydrogen-bond donors (Lipinski definition) is 0. The first-order chi connectivity index (χ1) is 9.96. The van der Waals surface area contributed by atoms with E-state index in [1.54, 1.807) is 0 Å². The van der Waals surface area contributed by atoms with Crippen LogP contribution in [-0.2, 0) is 14.9 Å². The maximum atomic E-state index is 12.6.